The SMILES string of the molecule is Cc1cc(-c2ccccc2)oc2c(C3=Cc4ccccc4CC3)c3ccccc3c1-2. The number of benzene rings is 3. The van der Waals surface area contributed by atoms with Gasteiger partial charge in [-0.05, 0) is 58.9 Å². The van der Waals surface area contributed by atoms with Gasteiger partial charge in [-0.25, -0.2) is 0 Å². The molecule has 6 rings (SSSR count). The van der Waals surface area contributed by atoms with Gasteiger partial charge < -0.3 is 4.42 Å². The first-order valence-corrected chi connectivity index (χ1v) is 10.6. The van der Waals surface area contributed by atoms with E-state index in [0.717, 1.165) is 29.9 Å². The van der Waals surface area contributed by atoms with Gasteiger partial charge >= 0.3 is 0 Å². The van der Waals surface area contributed by atoms with Crippen molar-refractivity contribution in [1.82, 2.24) is 0 Å². The second-order valence-corrected chi connectivity index (χ2v) is 8.15. The van der Waals surface area contributed by atoms with Gasteiger partial charge in [-0.15, -0.1) is 0 Å². The van der Waals surface area contributed by atoms with Gasteiger partial charge in [-0.2, -0.15) is 0 Å². The zero-order valence-electron chi connectivity index (χ0n) is 17.0. The minimum absolute atomic E-state index is 0.925. The minimum atomic E-state index is 0.925. The average Bonchev–Trinajstić information content (AvgIpc) is 3.14. The molecule has 30 heavy (non-hydrogen) atoms. The van der Waals surface area contributed by atoms with E-state index in [1.54, 1.807) is 0 Å². The predicted molar refractivity (Wildman–Crippen MR) is 126 cm³/mol. The first-order valence-electron chi connectivity index (χ1n) is 10.6. The zero-order chi connectivity index (χ0) is 20.1. The van der Waals surface area contributed by atoms with Crippen molar-refractivity contribution in [3.05, 3.63) is 107 Å². The highest BCUT2D eigenvalue weighted by Gasteiger charge is 2.26. The monoisotopic (exact) mass is 386 g/mol. The molecule has 3 aromatic rings. The molecule has 0 N–H and O–H groups in total. The van der Waals surface area contributed by atoms with Gasteiger partial charge in [-0.1, -0.05) is 84.9 Å². The van der Waals surface area contributed by atoms with Crippen molar-refractivity contribution in [3.8, 4) is 22.6 Å². The highest BCUT2D eigenvalue weighted by molar-refractivity contribution is 6.12. The largest absolute Gasteiger partial charge is 0.455 e. The van der Waals surface area contributed by atoms with Crippen LogP contribution in [0.2, 0.25) is 0 Å². The van der Waals surface area contributed by atoms with Gasteiger partial charge in [0.2, 0.25) is 0 Å². The summed E-state index contributed by atoms with van der Waals surface area (Å²) in [6, 6.07) is 30.0. The molecule has 3 aliphatic rings. The van der Waals surface area contributed by atoms with Gasteiger partial charge in [0.05, 0.1) is 0 Å². The maximum Gasteiger partial charge on any atom is 0.143 e. The molecule has 0 fully saturated rings. The minimum Gasteiger partial charge on any atom is -0.455 e. The maximum atomic E-state index is 6.65. The third kappa shape index (κ3) is 2.63. The first kappa shape index (κ1) is 17.3. The first-order chi connectivity index (χ1) is 14.8. The Hall–Kier alpha value is -3.58. The van der Waals surface area contributed by atoms with Gasteiger partial charge in [-0.3, -0.25) is 0 Å². The lowest BCUT2D eigenvalue weighted by atomic mass is 9.88. The van der Waals surface area contributed by atoms with E-state index in [2.05, 4.69) is 91.9 Å². The molecule has 2 aliphatic carbocycles. The van der Waals surface area contributed by atoms with Crippen LogP contribution >= 0.6 is 0 Å². The second kappa shape index (κ2) is 6.74. The lowest BCUT2D eigenvalue weighted by Crippen LogP contribution is -1.99. The Morgan fingerprint density at radius 3 is 2.23 bits per heavy atom. The van der Waals surface area contributed by atoms with E-state index >= 15 is 0 Å². The van der Waals surface area contributed by atoms with Crippen LogP contribution in [0.15, 0.2) is 89.3 Å². The fraction of sp³-hybridized carbons (Fsp3) is 0.103. The molecule has 0 amide bonds. The van der Waals surface area contributed by atoms with E-state index < -0.39 is 0 Å². The van der Waals surface area contributed by atoms with Gasteiger partial charge in [0, 0.05) is 16.7 Å². The lowest BCUT2D eigenvalue weighted by molar-refractivity contribution is 0.580. The Morgan fingerprint density at radius 2 is 1.40 bits per heavy atom. The van der Waals surface area contributed by atoms with Crippen LogP contribution in [0.4, 0.5) is 0 Å². The summed E-state index contributed by atoms with van der Waals surface area (Å²) in [4.78, 5) is 0. The Kier molecular flexibility index (Phi) is 3.89. The summed E-state index contributed by atoms with van der Waals surface area (Å²) in [7, 11) is 0. The van der Waals surface area contributed by atoms with Crippen LogP contribution < -0.4 is 0 Å². The van der Waals surface area contributed by atoms with E-state index in [1.165, 1.54) is 44.2 Å². The Labute approximate surface area is 176 Å². The number of fused-ring (bicyclic) bond motifs is 4. The molecule has 0 aromatic heterocycles. The molecule has 0 unspecified atom stereocenters. The lowest BCUT2D eigenvalue weighted by Gasteiger charge is -2.18. The summed E-state index contributed by atoms with van der Waals surface area (Å²) < 4.78 is 6.65. The Morgan fingerprint density at radius 1 is 0.700 bits per heavy atom. The van der Waals surface area contributed by atoms with E-state index in [0.29, 0.717) is 0 Å². The summed E-state index contributed by atoms with van der Waals surface area (Å²) in [6.45, 7) is 2.20. The molecular formula is C29H22O. The molecule has 1 aliphatic heterocycles. The van der Waals surface area contributed by atoms with Crippen LogP contribution in [-0.4, -0.2) is 0 Å². The fourth-order valence-electron chi connectivity index (χ4n) is 4.88. The summed E-state index contributed by atoms with van der Waals surface area (Å²) in [6.07, 6.45) is 4.46. The number of rotatable bonds is 2. The summed E-state index contributed by atoms with van der Waals surface area (Å²) in [5.74, 6) is 1.94. The molecule has 1 nitrogen and oxygen atoms in total. The van der Waals surface area contributed by atoms with Crippen LogP contribution in [0.25, 0.3) is 45.1 Å². The van der Waals surface area contributed by atoms with E-state index in [-0.39, 0.29) is 0 Å². The predicted octanol–water partition coefficient (Wildman–Crippen LogP) is 8.00. The van der Waals surface area contributed by atoms with Crippen molar-refractivity contribution in [2.45, 2.75) is 19.8 Å². The summed E-state index contributed by atoms with van der Waals surface area (Å²) >= 11 is 0. The van der Waals surface area contributed by atoms with Crippen LogP contribution in [-0.2, 0) is 6.42 Å². The average molecular weight is 386 g/mol. The summed E-state index contributed by atoms with van der Waals surface area (Å²) in [5, 5.41) is 2.57. The third-order valence-electron chi connectivity index (χ3n) is 6.30. The van der Waals surface area contributed by atoms with Gasteiger partial charge in [0.25, 0.3) is 0 Å². The van der Waals surface area contributed by atoms with Crippen LogP contribution in [0, 0.1) is 6.92 Å². The molecular weight excluding hydrogens is 364 g/mol. The van der Waals surface area contributed by atoms with E-state index in [4.69, 9.17) is 4.42 Å². The number of aryl methyl sites for hydroxylation is 2. The number of hydrogen-bond donors (Lipinski definition) is 0. The Bertz CT molecular complexity index is 1380. The quantitative estimate of drug-likeness (QED) is 0.299. The van der Waals surface area contributed by atoms with Crippen molar-refractivity contribution in [1.29, 1.82) is 0 Å². The number of hydrogen-bond acceptors (Lipinski definition) is 1. The standard InChI is InChI=1S/C29H22O/c1-19-17-26(21-10-3-2-4-11-21)30-29-27(19)24-13-7-8-14-25(24)28(29)23-16-15-20-9-5-6-12-22(20)18-23/h2-14,17-18H,15-16H2,1H3. The van der Waals surface area contributed by atoms with Gasteiger partial charge in [0.15, 0.2) is 0 Å². The van der Waals surface area contributed by atoms with Crippen LogP contribution in [0.5, 0.6) is 0 Å². The van der Waals surface area contributed by atoms with Crippen molar-refractivity contribution in [3.63, 3.8) is 0 Å². The summed E-state index contributed by atoms with van der Waals surface area (Å²) in [5.41, 5.74) is 8.99. The van der Waals surface area contributed by atoms with E-state index in [1.807, 2.05) is 6.07 Å². The molecule has 0 atom stereocenters. The highest BCUT2D eigenvalue weighted by Crippen LogP contribution is 2.48. The van der Waals surface area contributed by atoms with Crippen molar-refractivity contribution < 1.29 is 4.42 Å². The van der Waals surface area contributed by atoms with Crippen LogP contribution in [0.3, 0.4) is 0 Å². The zero-order valence-corrected chi connectivity index (χ0v) is 17.0. The number of allylic oxidation sites excluding steroid dienone is 1. The highest BCUT2D eigenvalue weighted by atomic mass is 16.3. The second-order valence-electron chi connectivity index (χ2n) is 8.15. The molecule has 0 bridgehead atoms. The molecule has 0 spiro atoms. The van der Waals surface area contributed by atoms with Crippen molar-refractivity contribution >= 4 is 22.4 Å². The molecule has 1 heteroatoms. The van der Waals surface area contributed by atoms with Gasteiger partial charge in [0.1, 0.15) is 11.5 Å². The molecule has 3 aromatic carbocycles. The smallest absolute Gasteiger partial charge is 0.143 e. The molecule has 0 radical (unpaired) electrons. The van der Waals surface area contributed by atoms with E-state index in [9.17, 15) is 0 Å². The molecule has 144 valence electrons. The normalized spacial score (nSPS) is 13.4. The van der Waals surface area contributed by atoms with Crippen molar-refractivity contribution in [2.75, 3.05) is 0 Å². The van der Waals surface area contributed by atoms with Crippen LogP contribution in [0.1, 0.15) is 28.7 Å². The van der Waals surface area contributed by atoms with Crippen molar-refractivity contribution in [2.24, 2.45) is 0 Å². The fourth-order valence-corrected chi connectivity index (χ4v) is 4.88. The Balaban J connectivity index is 1.66. The molecule has 0 saturated heterocycles. The third-order valence-corrected chi connectivity index (χ3v) is 6.30. The molecule has 1 heterocycles. The maximum absolute atomic E-state index is 6.65. The topological polar surface area (TPSA) is 13.1 Å². The molecule has 0 saturated carbocycles.